The van der Waals surface area contributed by atoms with Gasteiger partial charge in [0.25, 0.3) is 5.91 Å². The maximum absolute atomic E-state index is 14.8. The number of pyridine rings is 1. The first kappa shape index (κ1) is 39.3. The number of urea groups is 1. The predicted molar refractivity (Wildman–Crippen MR) is 203 cm³/mol. The SMILES string of the molecule is COc1ccc2c(O[C@@H]3C[C@H]4C(=O)N[C@]5(C(=O)NS(=O)(=O)C6(C)CC6)C[C@H]5/C=C\CC[C@H](C)C[C@@H](C)[C@H](NC(=O)NC(C)(C)C)C(=O)N4C3)nccc2c1. The summed E-state index contributed by atoms with van der Waals surface area (Å²) in [5.74, 6) is -1.43. The third-order valence-corrected chi connectivity index (χ3v) is 13.4. The second-order valence-corrected chi connectivity index (χ2v) is 19.2. The highest BCUT2D eigenvalue weighted by molar-refractivity contribution is 7.91. The van der Waals surface area contributed by atoms with Gasteiger partial charge in [-0.05, 0) is 108 Å². The first-order valence-electron chi connectivity index (χ1n) is 18.9. The van der Waals surface area contributed by atoms with Crippen molar-refractivity contribution in [2.24, 2.45) is 17.8 Å². The number of aromatic nitrogens is 1. The summed E-state index contributed by atoms with van der Waals surface area (Å²) < 4.78 is 39.4. The number of rotatable bonds is 7. The minimum Gasteiger partial charge on any atom is -0.497 e. The van der Waals surface area contributed by atoms with Gasteiger partial charge in [-0.25, -0.2) is 18.2 Å². The fourth-order valence-electron chi connectivity index (χ4n) is 7.62. The summed E-state index contributed by atoms with van der Waals surface area (Å²) >= 11 is 0. The molecule has 2 aromatic rings. The molecule has 1 aromatic heterocycles. The smallest absolute Gasteiger partial charge is 0.315 e. The molecule has 5 amide bonds. The number of carbonyl (C=O) groups is 4. The molecule has 0 spiro atoms. The van der Waals surface area contributed by atoms with Crippen LogP contribution in [0.3, 0.4) is 0 Å². The van der Waals surface area contributed by atoms with Crippen molar-refractivity contribution in [3.8, 4) is 11.6 Å². The lowest BCUT2D eigenvalue weighted by atomic mass is 9.88. The van der Waals surface area contributed by atoms with Crippen molar-refractivity contribution >= 4 is 44.5 Å². The third-order valence-electron chi connectivity index (χ3n) is 11.2. The summed E-state index contributed by atoms with van der Waals surface area (Å²) in [6.07, 6.45) is 8.03. The average Bonchev–Trinajstić information content (AvgIpc) is 3.97. The number of allylic oxidation sites excluding steroid dienone is 1. The molecule has 1 aromatic carbocycles. The van der Waals surface area contributed by atoms with Gasteiger partial charge in [0.2, 0.25) is 27.7 Å². The van der Waals surface area contributed by atoms with Crippen LogP contribution in [0.4, 0.5) is 4.79 Å². The molecule has 294 valence electrons. The molecule has 3 fully saturated rings. The third kappa shape index (κ3) is 8.30. The zero-order valence-electron chi connectivity index (χ0n) is 32.2. The highest BCUT2D eigenvalue weighted by Crippen LogP contribution is 2.47. The Morgan fingerprint density at radius 1 is 1.09 bits per heavy atom. The lowest BCUT2D eigenvalue weighted by molar-refractivity contribution is -0.142. The van der Waals surface area contributed by atoms with Crippen molar-refractivity contribution < 1.29 is 37.1 Å². The van der Waals surface area contributed by atoms with E-state index in [1.165, 1.54) is 4.90 Å². The van der Waals surface area contributed by atoms with Crippen LogP contribution in [0.2, 0.25) is 0 Å². The molecule has 1 saturated heterocycles. The average molecular weight is 767 g/mol. The minimum absolute atomic E-state index is 0.00173. The molecule has 2 aliphatic heterocycles. The topological polar surface area (TPSA) is 185 Å². The van der Waals surface area contributed by atoms with E-state index in [0.717, 1.165) is 11.8 Å². The number of hydrogen-bond donors (Lipinski definition) is 4. The molecule has 7 atom stereocenters. The fourth-order valence-corrected chi connectivity index (χ4v) is 8.93. The van der Waals surface area contributed by atoms with Crippen molar-refractivity contribution in [2.75, 3.05) is 13.7 Å². The van der Waals surface area contributed by atoms with E-state index in [0.29, 0.717) is 42.7 Å². The van der Waals surface area contributed by atoms with Gasteiger partial charge in [-0.15, -0.1) is 0 Å². The summed E-state index contributed by atoms with van der Waals surface area (Å²) in [6.45, 7) is 11.1. The second kappa shape index (κ2) is 14.7. The van der Waals surface area contributed by atoms with Crippen LogP contribution >= 0.6 is 0 Å². The summed E-state index contributed by atoms with van der Waals surface area (Å²) in [4.78, 5) is 62.3. The largest absolute Gasteiger partial charge is 0.497 e. The van der Waals surface area contributed by atoms with Crippen LogP contribution in [0.15, 0.2) is 42.6 Å². The number of hydrogen-bond acceptors (Lipinski definition) is 9. The van der Waals surface area contributed by atoms with Gasteiger partial charge in [0.1, 0.15) is 29.5 Å². The van der Waals surface area contributed by atoms with Gasteiger partial charge in [-0.1, -0.05) is 26.0 Å². The van der Waals surface area contributed by atoms with E-state index < -0.39 is 73.7 Å². The number of amides is 5. The van der Waals surface area contributed by atoms with Gasteiger partial charge in [0.05, 0.1) is 18.4 Å². The molecular weight excluding hydrogens is 713 g/mol. The van der Waals surface area contributed by atoms with Crippen molar-refractivity contribution in [3.05, 3.63) is 42.6 Å². The van der Waals surface area contributed by atoms with Crippen LogP contribution in [0.1, 0.15) is 86.5 Å². The summed E-state index contributed by atoms with van der Waals surface area (Å²) in [5.41, 5.74) is -2.08. The molecule has 6 rings (SSSR count). The number of nitrogens with zero attached hydrogens (tertiary/aromatic N) is 2. The zero-order valence-corrected chi connectivity index (χ0v) is 33.0. The molecule has 2 aliphatic carbocycles. The van der Waals surface area contributed by atoms with Gasteiger partial charge < -0.3 is 30.3 Å². The van der Waals surface area contributed by atoms with Crippen LogP contribution in [-0.2, 0) is 24.4 Å². The summed E-state index contributed by atoms with van der Waals surface area (Å²) in [5, 5.41) is 10.3. The molecular formula is C39H54N6O8S. The summed E-state index contributed by atoms with van der Waals surface area (Å²) in [6, 6.07) is 4.72. The molecule has 54 heavy (non-hydrogen) atoms. The Morgan fingerprint density at radius 2 is 1.83 bits per heavy atom. The van der Waals surface area contributed by atoms with E-state index in [-0.39, 0.29) is 31.2 Å². The molecule has 0 bridgehead atoms. The van der Waals surface area contributed by atoms with Crippen LogP contribution in [0.5, 0.6) is 11.6 Å². The number of fused-ring (bicyclic) bond motifs is 3. The first-order chi connectivity index (χ1) is 25.3. The highest BCUT2D eigenvalue weighted by Gasteiger charge is 2.63. The number of carbonyl (C=O) groups excluding carboxylic acids is 4. The van der Waals surface area contributed by atoms with Crippen LogP contribution < -0.4 is 30.1 Å². The minimum atomic E-state index is -3.99. The van der Waals surface area contributed by atoms with Crippen molar-refractivity contribution in [2.45, 2.75) is 121 Å². The molecule has 3 heterocycles. The van der Waals surface area contributed by atoms with Gasteiger partial charge in [-0.3, -0.25) is 19.1 Å². The highest BCUT2D eigenvalue weighted by atomic mass is 32.2. The standard InChI is InChI=1S/C39H54N6O8S/c1-23-10-8-9-11-26-21-39(26,35(48)44-54(50,51)38(6)15-16-38)42-32(46)30-20-28(53-33-29-13-12-27(52-7)19-25(29)14-17-40-33)22-45(30)34(47)31(24(2)18-23)41-36(49)43-37(3,4)5/h9,11-14,17,19,23-24,26,28,30-31H,8,10,15-16,18,20-22H2,1-7H3,(H,42,46)(H,44,48)(H2,41,43,49)/b11-9-/t23-,24+,26+,28+,30-,31-,39+/m0/s1. The lowest BCUT2D eigenvalue weighted by Crippen LogP contribution is -2.60. The molecule has 15 heteroatoms. The second-order valence-electron chi connectivity index (χ2n) is 17.0. The van der Waals surface area contributed by atoms with Crippen LogP contribution in [-0.4, -0.2) is 89.7 Å². The van der Waals surface area contributed by atoms with E-state index in [9.17, 15) is 27.6 Å². The van der Waals surface area contributed by atoms with Gasteiger partial charge in [0.15, 0.2) is 0 Å². The van der Waals surface area contributed by atoms with E-state index in [4.69, 9.17) is 9.47 Å². The Labute approximate surface area is 317 Å². The number of methoxy groups -OCH3 is 1. The maximum atomic E-state index is 14.8. The Balaban J connectivity index is 1.35. The van der Waals surface area contributed by atoms with Gasteiger partial charge >= 0.3 is 6.03 Å². The van der Waals surface area contributed by atoms with Crippen molar-refractivity contribution in [3.63, 3.8) is 0 Å². The fraction of sp³-hybridized carbons (Fsp3) is 0.615. The predicted octanol–water partition coefficient (Wildman–Crippen LogP) is 3.94. The molecule has 0 radical (unpaired) electrons. The monoisotopic (exact) mass is 766 g/mol. The first-order valence-corrected chi connectivity index (χ1v) is 20.4. The molecule has 14 nitrogen and oxygen atoms in total. The van der Waals surface area contributed by atoms with Gasteiger partial charge in [-0.2, -0.15) is 0 Å². The summed E-state index contributed by atoms with van der Waals surface area (Å²) in [7, 11) is -2.41. The quantitative estimate of drug-likeness (QED) is 0.303. The number of benzene rings is 1. The maximum Gasteiger partial charge on any atom is 0.315 e. The Kier molecular flexibility index (Phi) is 10.7. The van der Waals surface area contributed by atoms with Crippen LogP contribution in [0.25, 0.3) is 10.8 Å². The van der Waals surface area contributed by atoms with E-state index in [1.54, 1.807) is 26.3 Å². The molecule has 2 saturated carbocycles. The van der Waals surface area contributed by atoms with Gasteiger partial charge in [0, 0.05) is 29.5 Å². The number of ether oxygens (including phenoxy) is 2. The number of nitrogens with one attached hydrogen (secondary N) is 4. The van der Waals surface area contributed by atoms with Crippen molar-refractivity contribution in [1.82, 2.24) is 30.6 Å². The van der Waals surface area contributed by atoms with Crippen molar-refractivity contribution in [1.29, 1.82) is 0 Å². The molecule has 0 unspecified atom stereocenters. The zero-order chi connectivity index (χ0) is 39.2. The normalized spacial score (nSPS) is 30.4. The Morgan fingerprint density at radius 3 is 2.52 bits per heavy atom. The lowest BCUT2D eigenvalue weighted by Gasteiger charge is -2.33. The molecule has 4 N–H and O–H groups in total. The van der Waals surface area contributed by atoms with Crippen LogP contribution in [0, 0.1) is 17.8 Å². The van der Waals surface area contributed by atoms with E-state index in [2.05, 4.69) is 32.6 Å². The number of sulfonamides is 1. The Bertz CT molecular complexity index is 1940. The van der Waals surface area contributed by atoms with E-state index >= 15 is 0 Å². The Hall–Kier alpha value is -4.40. The molecule has 4 aliphatic rings. The van der Waals surface area contributed by atoms with E-state index in [1.807, 2.05) is 58.0 Å².